The number of halogens is 1. The third kappa shape index (κ3) is 3.00. The zero-order valence-electron chi connectivity index (χ0n) is 11.6. The summed E-state index contributed by atoms with van der Waals surface area (Å²) in [4.78, 5) is 0.320. The first-order valence-electron chi connectivity index (χ1n) is 6.78. The Morgan fingerprint density at radius 3 is 2.48 bits per heavy atom. The summed E-state index contributed by atoms with van der Waals surface area (Å²) >= 11 is 2.33. The lowest BCUT2D eigenvalue weighted by atomic mass is 10.1. The van der Waals surface area contributed by atoms with Gasteiger partial charge in [0.1, 0.15) is 0 Å². The third-order valence-corrected chi connectivity index (χ3v) is 6.40. The molecular formula is C16H16INO2S. The first-order chi connectivity index (χ1) is 9.97. The van der Waals surface area contributed by atoms with E-state index in [9.17, 15) is 8.42 Å². The highest BCUT2D eigenvalue weighted by Gasteiger charge is 2.33. The van der Waals surface area contributed by atoms with Crippen molar-refractivity contribution < 1.29 is 8.42 Å². The Balaban J connectivity index is 1.91. The number of fused-ring (bicyclic) bond motifs is 1. The van der Waals surface area contributed by atoms with E-state index in [0.29, 0.717) is 4.90 Å². The Morgan fingerprint density at radius 2 is 1.76 bits per heavy atom. The number of sulfonamides is 1. The van der Waals surface area contributed by atoms with Crippen LogP contribution < -0.4 is 4.72 Å². The fraction of sp³-hybridized carbons (Fsp3) is 0.250. The molecule has 21 heavy (non-hydrogen) atoms. The average Bonchev–Trinajstić information content (AvgIpc) is 2.75. The van der Waals surface area contributed by atoms with Crippen molar-refractivity contribution in [3.8, 4) is 0 Å². The van der Waals surface area contributed by atoms with Crippen molar-refractivity contribution in [1.29, 1.82) is 0 Å². The van der Waals surface area contributed by atoms with Crippen LogP contribution >= 0.6 is 22.6 Å². The van der Waals surface area contributed by atoms with Crippen molar-refractivity contribution in [3.05, 3.63) is 65.2 Å². The van der Waals surface area contributed by atoms with E-state index in [1.807, 2.05) is 37.3 Å². The molecule has 1 aliphatic carbocycles. The van der Waals surface area contributed by atoms with Gasteiger partial charge in [-0.1, -0.05) is 64.6 Å². The van der Waals surface area contributed by atoms with Gasteiger partial charge in [0.25, 0.3) is 0 Å². The Labute approximate surface area is 139 Å². The predicted molar refractivity (Wildman–Crippen MR) is 92.2 cm³/mol. The molecule has 0 bridgehead atoms. The van der Waals surface area contributed by atoms with Crippen LogP contribution in [0.2, 0.25) is 0 Å². The molecule has 0 aromatic heterocycles. The molecule has 110 valence electrons. The van der Waals surface area contributed by atoms with E-state index < -0.39 is 10.0 Å². The van der Waals surface area contributed by atoms with Gasteiger partial charge in [-0.25, -0.2) is 13.1 Å². The minimum absolute atomic E-state index is 0.159. The first-order valence-corrected chi connectivity index (χ1v) is 9.51. The standard InChI is InChI=1S/C16H16INO2S/c1-11-6-8-13(9-7-11)21(19,20)18-16-14-5-3-2-4-12(14)10-15(16)17/h2-9,15-16,18H,10H2,1H3/t15-,16-/m0/s1. The van der Waals surface area contributed by atoms with Crippen molar-refractivity contribution in [3.63, 3.8) is 0 Å². The number of hydrogen-bond acceptors (Lipinski definition) is 2. The summed E-state index contributed by atoms with van der Waals surface area (Å²) in [6, 6.07) is 14.8. The Bertz CT molecular complexity index is 756. The topological polar surface area (TPSA) is 46.2 Å². The summed E-state index contributed by atoms with van der Waals surface area (Å²) in [5, 5.41) is 0. The maximum Gasteiger partial charge on any atom is 0.241 e. The van der Waals surface area contributed by atoms with Crippen molar-refractivity contribution in [1.82, 2.24) is 4.72 Å². The van der Waals surface area contributed by atoms with Crippen LogP contribution in [0.15, 0.2) is 53.4 Å². The highest BCUT2D eigenvalue weighted by Crippen LogP contribution is 2.37. The minimum Gasteiger partial charge on any atom is -0.207 e. The summed E-state index contributed by atoms with van der Waals surface area (Å²) < 4.78 is 28.2. The molecule has 1 N–H and O–H groups in total. The molecule has 0 spiro atoms. The molecule has 2 aromatic rings. The number of hydrogen-bond donors (Lipinski definition) is 1. The minimum atomic E-state index is -3.49. The molecule has 0 saturated carbocycles. The van der Waals surface area contributed by atoms with Gasteiger partial charge in [0.05, 0.1) is 10.9 Å². The predicted octanol–water partition coefficient (Wildman–Crippen LogP) is 3.37. The normalized spacial score (nSPS) is 21.2. The van der Waals surface area contributed by atoms with Crippen LogP contribution in [0.4, 0.5) is 0 Å². The van der Waals surface area contributed by atoms with E-state index >= 15 is 0 Å². The van der Waals surface area contributed by atoms with Crippen molar-refractivity contribution >= 4 is 32.6 Å². The molecule has 0 aliphatic heterocycles. The Kier molecular flexibility index (Phi) is 4.07. The van der Waals surface area contributed by atoms with E-state index in [0.717, 1.165) is 17.5 Å². The summed E-state index contributed by atoms with van der Waals surface area (Å²) in [6.45, 7) is 1.94. The van der Waals surface area contributed by atoms with Crippen LogP contribution in [0.25, 0.3) is 0 Å². The van der Waals surface area contributed by atoms with Crippen LogP contribution in [0.1, 0.15) is 22.7 Å². The quantitative estimate of drug-likeness (QED) is 0.620. The largest absolute Gasteiger partial charge is 0.241 e. The van der Waals surface area contributed by atoms with Crippen LogP contribution in [-0.2, 0) is 16.4 Å². The number of nitrogens with one attached hydrogen (secondary N) is 1. The van der Waals surface area contributed by atoms with Crippen LogP contribution in [0.5, 0.6) is 0 Å². The lowest BCUT2D eigenvalue weighted by Crippen LogP contribution is -2.31. The maximum absolute atomic E-state index is 12.5. The average molecular weight is 413 g/mol. The molecule has 0 saturated heterocycles. The van der Waals surface area contributed by atoms with Crippen LogP contribution in [-0.4, -0.2) is 12.3 Å². The molecule has 5 heteroatoms. The van der Waals surface area contributed by atoms with E-state index in [4.69, 9.17) is 0 Å². The van der Waals surface area contributed by atoms with Gasteiger partial charge in [0.15, 0.2) is 0 Å². The number of rotatable bonds is 3. The van der Waals surface area contributed by atoms with Gasteiger partial charge in [-0.3, -0.25) is 0 Å². The molecule has 0 unspecified atom stereocenters. The van der Waals surface area contributed by atoms with Gasteiger partial charge in [-0.05, 0) is 36.6 Å². The smallest absolute Gasteiger partial charge is 0.207 e. The van der Waals surface area contributed by atoms with E-state index in [2.05, 4.69) is 33.4 Å². The van der Waals surface area contributed by atoms with E-state index in [-0.39, 0.29) is 9.97 Å². The number of benzene rings is 2. The Morgan fingerprint density at radius 1 is 1.10 bits per heavy atom. The fourth-order valence-electron chi connectivity index (χ4n) is 2.64. The summed E-state index contributed by atoms with van der Waals surface area (Å²) in [7, 11) is -3.49. The van der Waals surface area contributed by atoms with Crippen molar-refractivity contribution in [2.24, 2.45) is 0 Å². The molecule has 1 aliphatic rings. The van der Waals surface area contributed by atoms with Gasteiger partial charge in [0.2, 0.25) is 10.0 Å². The molecule has 0 amide bonds. The van der Waals surface area contributed by atoms with Crippen molar-refractivity contribution in [2.75, 3.05) is 0 Å². The molecule has 3 rings (SSSR count). The highest BCUT2D eigenvalue weighted by molar-refractivity contribution is 14.1. The van der Waals surface area contributed by atoms with Crippen LogP contribution in [0.3, 0.4) is 0 Å². The van der Waals surface area contributed by atoms with Gasteiger partial charge in [0, 0.05) is 3.92 Å². The van der Waals surface area contributed by atoms with Gasteiger partial charge in [-0.2, -0.15) is 0 Å². The van der Waals surface area contributed by atoms with E-state index in [1.54, 1.807) is 12.1 Å². The van der Waals surface area contributed by atoms with E-state index in [1.165, 1.54) is 5.56 Å². The Hall–Kier alpha value is -0.920. The first kappa shape index (κ1) is 15.0. The zero-order chi connectivity index (χ0) is 15.0. The molecule has 0 heterocycles. The lowest BCUT2D eigenvalue weighted by molar-refractivity contribution is 0.561. The molecule has 2 atom stereocenters. The summed E-state index contributed by atoms with van der Waals surface area (Å²) in [6.07, 6.45) is 0.901. The fourth-order valence-corrected chi connectivity index (χ4v) is 5.18. The van der Waals surface area contributed by atoms with Crippen molar-refractivity contribution in [2.45, 2.75) is 28.2 Å². The number of aryl methyl sites for hydroxylation is 1. The molecular weight excluding hydrogens is 397 g/mol. The SMILES string of the molecule is Cc1ccc(S(=O)(=O)N[C@H]2c3ccccc3C[C@@H]2I)cc1. The molecule has 3 nitrogen and oxygen atoms in total. The van der Waals surface area contributed by atoms with Gasteiger partial charge < -0.3 is 0 Å². The maximum atomic E-state index is 12.5. The van der Waals surface area contributed by atoms with Gasteiger partial charge >= 0.3 is 0 Å². The second kappa shape index (κ2) is 5.70. The molecule has 2 aromatic carbocycles. The molecule has 0 fully saturated rings. The highest BCUT2D eigenvalue weighted by atomic mass is 127. The number of alkyl halides is 1. The second-order valence-corrected chi connectivity index (χ2v) is 8.64. The molecule has 0 radical (unpaired) electrons. The van der Waals surface area contributed by atoms with Crippen LogP contribution in [0, 0.1) is 6.92 Å². The second-order valence-electron chi connectivity index (χ2n) is 5.33. The lowest BCUT2D eigenvalue weighted by Gasteiger charge is -2.18. The summed E-state index contributed by atoms with van der Waals surface area (Å²) in [5.41, 5.74) is 3.37. The monoisotopic (exact) mass is 413 g/mol. The zero-order valence-corrected chi connectivity index (χ0v) is 14.6. The summed E-state index contributed by atoms with van der Waals surface area (Å²) in [5.74, 6) is 0. The third-order valence-electron chi connectivity index (χ3n) is 3.78. The van der Waals surface area contributed by atoms with Gasteiger partial charge in [-0.15, -0.1) is 0 Å².